The fraction of sp³-hybridized carbons (Fsp3) is 0.0870. The number of hydrogen-bond donors (Lipinski definition) is 1. The molecule has 0 fully saturated rings. The van der Waals surface area contributed by atoms with Crippen molar-refractivity contribution in [3.63, 3.8) is 0 Å². The Balaban J connectivity index is 1.47. The van der Waals surface area contributed by atoms with Gasteiger partial charge in [-0.2, -0.15) is 0 Å². The molecule has 1 N–H and O–H groups in total. The standard InChI is InChI=1S/C23H21NO2/c25-23(24-17-20-7-3-1-4-8-20)16-13-19-11-14-22(15-12-19)26-18-21-9-5-2-6-10-21/h1-16H,17-18H2,(H,24,25). The first-order chi connectivity index (χ1) is 12.8. The van der Waals surface area contributed by atoms with Crippen LogP contribution in [0.2, 0.25) is 0 Å². The molecular formula is C23H21NO2. The first-order valence-corrected chi connectivity index (χ1v) is 8.56. The largest absolute Gasteiger partial charge is 0.489 e. The van der Waals surface area contributed by atoms with Gasteiger partial charge < -0.3 is 10.1 Å². The van der Waals surface area contributed by atoms with E-state index in [1.54, 1.807) is 12.2 Å². The summed E-state index contributed by atoms with van der Waals surface area (Å²) in [5.74, 6) is 0.692. The maximum Gasteiger partial charge on any atom is 0.244 e. The number of hydrogen-bond acceptors (Lipinski definition) is 2. The van der Waals surface area contributed by atoms with E-state index in [-0.39, 0.29) is 5.91 Å². The van der Waals surface area contributed by atoms with Crippen LogP contribution in [0, 0.1) is 0 Å². The Morgan fingerprint density at radius 2 is 1.42 bits per heavy atom. The van der Waals surface area contributed by atoms with Crippen molar-refractivity contribution >= 4 is 12.0 Å². The number of rotatable bonds is 7. The minimum atomic E-state index is -0.113. The van der Waals surface area contributed by atoms with Crippen LogP contribution in [0.5, 0.6) is 5.75 Å². The Morgan fingerprint density at radius 3 is 2.08 bits per heavy atom. The highest BCUT2D eigenvalue weighted by atomic mass is 16.5. The van der Waals surface area contributed by atoms with Crippen LogP contribution in [0.25, 0.3) is 6.08 Å². The fourth-order valence-electron chi connectivity index (χ4n) is 2.43. The Bertz CT molecular complexity index is 840. The van der Waals surface area contributed by atoms with Gasteiger partial charge in [0.25, 0.3) is 0 Å². The van der Waals surface area contributed by atoms with Crippen molar-refractivity contribution in [2.24, 2.45) is 0 Å². The lowest BCUT2D eigenvalue weighted by Gasteiger charge is -2.06. The van der Waals surface area contributed by atoms with Crippen molar-refractivity contribution in [1.29, 1.82) is 0 Å². The molecule has 3 rings (SSSR count). The average Bonchev–Trinajstić information content (AvgIpc) is 2.71. The van der Waals surface area contributed by atoms with Crippen molar-refractivity contribution in [3.05, 3.63) is 108 Å². The first-order valence-electron chi connectivity index (χ1n) is 8.56. The molecule has 0 aliphatic heterocycles. The van der Waals surface area contributed by atoms with Crippen LogP contribution in [0.3, 0.4) is 0 Å². The fourth-order valence-corrected chi connectivity index (χ4v) is 2.43. The van der Waals surface area contributed by atoms with Crippen molar-refractivity contribution in [1.82, 2.24) is 5.32 Å². The molecule has 0 spiro atoms. The second-order valence-electron chi connectivity index (χ2n) is 5.88. The maximum absolute atomic E-state index is 11.9. The van der Waals surface area contributed by atoms with E-state index >= 15 is 0 Å². The summed E-state index contributed by atoms with van der Waals surface area (Å²) < 4.78 is 5.76. The lowest BCUT2D eigenvalue weighted by molar-refractivity contribution is -0.116. The molecule has 3 aromatic rings. The van der Waals surface area contributed by atoms with Gasteiger partial charge in [-0.3, -0.25) is 4.79 Å². The zero-order valence-electron chi connectivity index (χ0n) is 14.5. The number of benzene rings is 3. The van der Waals surface area contributed by atoms with E-state index in [0.29, 0.717) is 13.2 Å². The molecule has 0 bridgehead atoms. The Labute approximate surface area is 154 Å². The van der Waals surface area contributed by atoms with Crippen LogP contribution in [-0.2, 0) is 17.9 Å². The van der Waals surface area contributed by atoms with Crippen LogP contribution < -0.4 is 10.1 Å². The molecule has 0 unspecified atom stereocenters. The smallest absolute Gasteiger partial charge is 0.244 e. The van der Waals surface area contributed by atoms with Crippen molar-refractivity contribution in [2.45, 2.75) is 13.2 Å². The highest BCUT2D eigenvalue weighted by Gasteiger charge is 1.98. The minimum Gasteiger partial charge on any atom is -0.489 e. The molecule has 3 aromatic carbocycles. The molecule has 0 atom stereocenters. The van der Waals surface area contributed by atoms with Crippen LogP contribution in [-0.4, -0.2) is 5.91 Å². The lowest BCUT2D eigenvalue weighted by Crippen LogP contribution is -2.20. The van der Waals surface area contributed by atoms with E-state index in [1.165, 1.54) is 0 Å². The van der Waals surface area contributed by atoms with Crippen molar-refractivity contribution in [3.8, 4) is 5.75 Å². The maximum atomic E-state index is 11.9. The molecule has 130 valence electrons. The van der Waals surface area contributed by atoms with Gasteiger partial charge in [-0.25, -0.2) is 0 Å². The zero-order valence-corrected chi connectivity index (χ0v) is 14.5. The summed E-state index contributed by atoms with van der Waals surface area (Å²) in [6.07, 6.45) is 3.34. The SMILES string of the molecule is O=C(C=Cc1ccc(OCc2ccccc2)cc1)NCc1ccccc1. The van der Waals surface area contributed by atoms with Gasteiger partial charge in [0.15, 0.2) is 0 Å². The molecule has 0 saturated carbocycles. The number of carbonyl (C=O) groups is 1. The molecule has 0 heterocycles. The third-order valence-corrected chi connectivity index (χ3v) is 3.87. The van der Waals surface area contributed by atoms with Gasteiger partial charge in [-0.1, -0.05) is 72.8 Å². The van der Waals surface area contributed by atoms with Gasteiger partial charge in [-0.15, -0.1) is 0 Å². The van der Waals surface area contributed by atoms with E-state index in [9.17, 15) is 4.79 Å². The number of nitrogens with one attached hydrogen (secondary N) is 1. The number of amides is 1. The highest BCUT2D eigenvalue weighted by molar-refractivity contribution is 5.91. The molecule has 0 aliphatic carbocycles. The Morgan fingerprint density at radius 1 is 0.808 bits per heavy atom. The number of ether oxygens (including phenoxy) is 1. The molecule has 26 heavy (non-hydrogen) atoms. The predicted octanol–water partition coefficient (Wildman–Crippen LogP) is 4.60. The molecule has 0 saturated heterocycles. The van der Waals surface area contributed by atoms with Crippen LogP contribution >= 0.6 is 0 Å². The first kappa shape index (κ1) is 17.5. The molecule has 0 radical (unpaired) electrons. The van der Waals surface area contributed by atoms with Gasteiger partial charge in [0, 0.05) is 12.6 Å². The summed E-state index contributed by atoms with van der Waals surface area (Å²) in [5, 5.41) is 2.87. The summed E-state index contributed by atoms with van der Waals surface area (Å²) in [6.45, 7) is 1.06. The quantitative estimate of drug-likeness (QED) is 0.637. The molecule has 0 aliphatic rings. The highest BCUT2D eigenvalue weighted by Crippen LogP contribution is 2.15. The van der Waals surface area contributed by atoms with E-state index in [1.807, 2.05) is 84.9 Å². The predicted molar refractivity (Wildman–Crippen MR) is 105 cm³/mol. The van der Waals surface area contributed by atoms with Gasteiger partial charge in [0.05, 0.1) is 0 Å². The molecular weight excluding hydrogens is 322 g/mol. The van der Waals surface area contributed by atoms with E-state index in [0.717, 1.165) is 22.4 Å². The second-order valence-corrected chi connectivity index (χ2v) is 5.88. The lowest BCUT2D eigenvalue weighted by atomic mass is 10.2. The molecule has 0 aromatic heterocycles. The number of carbonyl (C=O) groups excluding carboxylic acids is 1. The van der Waals surface area contributed by atoms with Crippen molar-refractivity contribution in [2.75, 3.05) is 0 Å². The van der Waals surface area contributed by atoms with Crippen LogP contribution in [0.4, 0.5) is 0 Å². The van der Waals surface area contributed by atoms with Crippen LogP contribution in [0.15, 0.2) is 91.0 Å². The normalized spacial score (nSPS) is 10.6. The van der Waals surface area contributed by atoms with Gasteiger partial charge in [0.1, 0.15) is 12.4 Å². The summed E-state index contributed by atoms with van der Waals surface area (Å²) >= 11 is 0. The third kappa shape index (κ3) is 5.64. The van der Waals surface area contributed by atoms with Gasteiger partial charge in [0.2, 0.25) is 5.91 Å². The van der Waals surface area contributed by atoms with E-state index < -0.39 is 0 Å². The molecule has 1 amide bonds. The van der Waals surface area contributed by atoms with Gasteiger partial charge in [-0.05, 0) is 34.9 Å². The average molecular weight is 343 g/mol. The summed E-state index contributed by atoms with van der Waals surface area (Å²) in [6, 6.07) is 27.6. The second kappa shape index (κ2) is 9.23. The van der Waals surface area contributed by atoms with Gasteiger partial charge >= 0.3 is 0 Å². The molecule has 3 heteroatoms. The zero-order chi connectivity index (χ0) is 18.0. The topological polar surface area (TPSA) is 38.3 Å². The van der Waals surface area contributed by atoms with Crippen molar-refractivity contribution < 1.29 is 9.53 Å². The van der Waals surface area contributed by atoms with Crippen LogP contribution in [0.1, 0.15) is 16.7 Å². The Hall–Kier alpha value is -3.33. The molecule has 3 nitrogen and oxygen atoms in total. The summed E-state index contributed by atoms with van der Waals surface area (Å²) in [5.41, 5.74) is 3.16. The minimum absolute atomic E-state index is 0.113. The van der Waals surface area contributed by atoms with E-state index in [2.05, 4.69) is 5.32 Å². The summed E-state index contributed by atoms with van der Waals surface area (Å²) in [7, 11) is 0. The van der Waals surface area contributed by atoms with E-state index in [4.69, 9.17) is 4.74 Å². The summed E-state index contributed by atoms with van der Waals surface area (Å²) in [4.78, 5) is 11.9. The third-order valence-electron chi connectivity index (χ3n) is 3.87. The monoisotopic (exact) mass is 343 g/mol. The Kier molecular flexibility index (Phi) is 6.21.